The van der Waals surface area contributed by atoms with Gasteiger partial charge in [-0.3, -0.25) is 4.98 Å². The lowest BCUT2D eigenvalue weighted by Gasteiger charge is -1.97. The summed E-state index contributed by atoms with van der Waals surface area (Å²) in [6, 6.07) is 3.05. The molecular weight excluding hydrogens is 231 g/mol. The van der Waals surface area contributed by atoms with Gasteiger partial charge in [0.2, 0.25) is 0 Å². The molecule has 2 aromatic rings. The summed E-state index contributed by atoms with van der Waals surface area (Å²) in [5.41, 5.74) is 2.47. The molecule has 2 rings (SSSR count). The Hall–Kier alpha value is -1.75. The average molecular weight is 248 g/mol. The largest absolute Gasteiger partial charge is 0.346 e. The molecule has 4 nitrogen and oxygen atoms in total. The van der Waals surface area contributed by atoms with Crippen LogP contribution < -0.4 is 5.32 Å². The van der Waals surface area contributed by atoms with Crippen LogP contribution >= 0.6 is 0 Å². The fourth-order valence-corrected chi connectivity index (χ4v) is 1.84. The second kappa shape index (κ2) is 5.73. The zero-order valence-corrected chi connectivity index (χ0v) is 10.6. The summed E-state index contributed by atoms with van der Waals surface area (Å²) in [6.45, 7) is 2.92. The van der Waals surface area contributed by atoms with Crippen molar-refractivity contribution in [3.63, 3.8) is 0 Å². The summed E-state index contributed by atoms with van der Waals surface area (Å²) in [5.74, 6) is 0.616. The Labute approximate surface area is 106 Å². The minimum atomic E-state index is -0.332. The van der Waals surface area contributed by atoms with E-state index in [0.717, 1.165) is 36.6 Å². The highest BCUT2D eigenvalue weighted by Gasteiger charge is 2.09. The maximum absolute atomic E-state index is 12.8. The average Bonchev–Trinajstić information content (AvgIpc) is 2.72. The topological polar surface area (TPSA) is 53.6 Å². The SMILES string of the molecule is CNCCCc1nc(-c2ccc(F)cn2)c(C)[nH]1. The van der Waals surface area contributed by atoms with E-state index in [2.05, 4.69) is 20.3 Å². The predicted molar refractivity (Wildman–Crippen MR) is 68.8 cm³/mol. The molecule has 0 bridgehead atoms. The quantitative estimate of drug-likeness (QED) is 0.796. The number of aromatic amines is 1. The van der Waals surface area contributed by atoms with Gasteiger partial charge < -0.3 is 10.3 Å². The second-order valence-corrected chi connectivity index (χ2v) is 4.23. The van der Waals surface area contributed by atoms with Crippen LogP contribution in [0.15, 0.2) is 18.3 Å². The van der Waals surface area contributed by atoms with Gasteiger partial charge in [-0.05, 0) is 39.1 Å². The molecule has 0 amide bonds. The van der Waals surface area contributed by atoms with Crippen molar-refractivity contribution in [1.29, 1.82) is 0 Å². The summed E-state index contributed by atoms with van der Waals surface area (Å²) in [4.78, 5) is 11.8. The highest BCUT2D eigenvalue weighted by atomic mass is 19.1. The monoisotopic (exact) mass is 248 g/mol. The minimum absolute atomic E-state index is 0.332. The Bertz CT molecular complexity index is 504. The van der Waals surface area contributed by atoms with Gasteiger partial charge in [-0.15, -0.1) is 0 Å². The number of nitrogens with one attached hydrogen (secondary N) is 2. The van der Waals surface area contributed by atoms with Gasteiger partial charge in [0.1, 0.15) is 17.3 Å². The van der Waals surface area contributed by atoms with Gasteiger partial charge in [-0.1, -0.05) is 0 Å². The van der Waals surface area contributed by atoms with Gasteiger partial charge in [-0.2, -0.15) is 0 Å². The van der Waals surface area contributed by atoms with E-state index >= 15 is 0 Å². The van der Waals surface area contributed by atoms with E-state index in [1.54, 1.807) is 6.07 Å². The molecule has 0 aliphatic heterocycles. The molecule has 0 aliphatic rings. The van der Waals surface area contributed by atoms with E-state index in [9.17, 15) is 4.39 Å². The number of hydrogen-bond donors (Lipinski definition) is 2. The van der Waals surface area contributed by atoms with Crippen LogP contribution in [-0.2, 0) is 6.42 Å². The highest BCUT2D eigenvalue weighted by Crippen LogP contribution is 2.19. The van der Waals surface area contributed by atoms with E-state index in [-0.39, 0.29) is 5.82 Å². The summed E-state index contributed by atoms with van der Waals surface area (Å²) in [5, 5.41) is 3.10. The fourth-order valence-electron chi connectivity index (χ4n) is 1.84. The first-order chi connectivity index (χ1) is 8.70. The zero-order chi connectivity index (χ0) is 13.0. The number of aromatic nitrogens is 3. The van der Waals surface area contributed by atoms with Gasteiger partial charge in [0.05, 0.1) is 11.9 Å². The Morgan fingerprint density at radius 3 is 2.89 bits per heavy atom. The zero-order valence-electron chi connectivity index (χ0n) is 10.6. The first-order valence-corrected chi connectivity index (χ1v) is 6.02. The van der Waals surface area contributed by atoms with Crippen LogP contribution in [0.2, 0.25) is 0 Å². The Balaban J connectivity index is 2.16. The molecule has 5 heteroatoms. The number of hydrogen-bond acceptors (Lipinski definition) is 3. The van der Waals surface area contributed by atoms with Crippen molar-refractivity contribution in [1.82, 2.24) is 20.3 Å². The van der Waals surface area contributed by atoms with Gasteiger partial charge >= 0.3 is 0 Å². The molecule has 0 aromatic carbocycles. The molecule has 0 atom stereocenters. The van der Waals surface area contributed by atoms with Crippen LogP contribution in [-0.4, -0.2) is 28.5 Å². The lowest BCUT2D eigenvalue weighted by atomic mass is 10.2. The lowest BCUT2D eigenvalue weighted by Crippen LogP contribution is -2.08. The highest BCUT2D eigenvalue weighted by molar-refractivity contribution is 5.56. The van der Waals surface area contributed by atoms with Crippen molar-refractivity contribution in [3.05, 3.63) is 35.7 Å². The first-order valence-electron chi connectivity index (χ1n) is 6.02. The number of halogens is 1. The maximum Gasteiger partial charge on any atom is 0.141 e. The van der Waals surface area contributed by atoms with Crippen LogP contribution in [0.3, 0.4) is 0 Å². The van der Waals surface area contributed by atoms with Crippen LogP contribution in [0.4, 0.5) is 4.39 Å². The van der Waals surface area contributed by atoms with Crippen LogP contribution in [0.1, 0.15) is 17.9 Å². The molecule has 0 saturated heterocycles. The number of aryl methyl sites for hydroxylation is 2. The number of nitrogens with zero attached hydrogens (tertiary/aromatic N) is 2. The number of rotatable bonds is 5. The smallest absolute Gasteiger partial charge is 0.141 e. The number of imidazole rings is 1. The maximum atomic E-state index is 12.8. The second-order valence-electron chi connectivity index (χ2n) is 4.23. The summed E-state index contributed by atoms with van der Waals surface area (Å²) < 4.78 is 12.8. The number of H-pyrrole nitrogens is 1. The predicted octanol–water partition coefficient (Wildman–Crippen LogP) is 2.07. The molecule has 0 radical (unpaired) electrons. The molecule has 2 aromatic heterocycles. The van der Waals surface area contributed by atoms with E-state index in [0.29, 0.717) is 5.69 Å². The fraction of sp³-hybridized carbons (Fsp3) is 0.385. The van der Waals surface area contributed by atoms with Crippen LogP contribution in [0.25, 0.3) is 11.4 Å². The van der Waals surface area contributed by atoms with Gasteiger partial charge in [0, 0.05) is 12.1 Å². The van der Waals surface area contributed by atoms with Crippen molar-refractivity contribution in [2.75, 3.05) is 13.6 Å². The molecule has 0 spiro atoms. The van der Waals surface area contributed by atoms with Crippen molar-refractivity contribution in [2.24, 2.45) is 0 Å². The summed E-state index contributed by atoms with van der Waals surface area (Å²) >= 11 is 0. The minimum Gasteiger partial charge on any atom is -0.346 e. The summed E-state index contributed by atoms with van der Waals surface area (Å²) in [7, 11) is 1.93. The molecule has 96 valence electrons. The number of pyridine rings is 1. The molecule has 0 fully saturated rings. The molecular formula is C13H17FN4. The van der Waals surface area contributed by atoms with Crippen LogP contribution in [0, 0.1) is 12.7 Å². The third-order valence-corrected chi connectivity index (χ3v) is 2.74. The standard InChI is InChI=1S/C13H17FN4/c1-9-13(11-6-5-10(14)8-16-11)18-12(17-9)4-3-7-15-2/h5-6,8,15H,3-4,7H2,1-2H3,(H,17,18). The lowest BCUT2D eigenvalue weighted by molar-refractivity contribution is 0.622. The third-order valence-electron chi connectivity index (χ3n) is 2.74. The van der Waals surface area contributed by atoms with E-state index < -0.39 is 0 Å². The van der Waals surface area contributed by atoms with E-state index in [4.69, 9.17) is 0 Å². The molecule has 2 N–H and O–H groups in total. The molecule has 2 heterocycles. The Morgan fingerprint density at radius 2 is 2.22 bits per heavy atom. The van der Waals surface area contributed by atoms with Crippen molar-refractivity contribution in [2.45, 2.75) is 19.8 Å². The normalized spacial score (nSPS) is 10.8. The molecule has 0 unspecified atom stereocenters. The van der Waals surface area contributed by atoms with Gasteiger partial charge in [0.25, 0.3) is 0 Å². The van der Waals surface area contributed by atoms with Crippen LogP contribution in [0.5, 0.6) is 0 Å². The van der Waals surface area contributed by atoms with Gasteiger partial charge in [0.15, 0.2) is 0 Å². The first kappa shape index (κ1) is 12.7. The van der Waals surface area contributed by atoms with E-state index in [1.807, 2.05) is 14.0 Å². The molecule has 18 heavy (non-hydrogen) atoms. The molecule has 0 saturated carbocycles. The Morgan fingerprint density at radius 1 is 1.39 bits per heavy atom. The van der Waals surface area contributed by atoms with Crippen molar-refractivity contribution in [3.8, 4) is 11.4 Å². The summed E-state index contributed by atoms with van der Waals surface area (Å²) in [6.07, 6.45) is 3.13. The van der Waals surface area contributed by atoms with Gasteiger partial charge in [-0.25, -0.2) is 9.37 Å². The third kappa shape index (κ3) is 2.92. The molecule has 0 aliphatic carbocycles. The van der Waals surface area contributed by atoms with E-state index in [1.165, 1.54) is 12.3 Å². The van der Waals surface area contributed by atoms with Crippen molar-refractivity contribution < 1.29 is 4.39 Å². The Kier molecular flexibility index (Phi) is 4.04. The van der Waals surface area contributed by atoms with Crippen molar-refractivity contribution >= 4 is 0 Å².